The van der Waals surface area contributed by atoms with Crippen LogP contribution < -0.4 is 0 Å². The Morgan fingerprint density at radius 1 is 0.778 bits per heavy atom. The molecule has 2 aromatic carbocycles. The Morgan fingerprint density at radius 3 is 1.61 bits per heavy atom. The standard InChI is InChI=1S/C25H30O3.C6H13NO/c26-21-15-7-13-19(23(21)17-9-3-1-4-10-17)25(28)20-14-8-16-22(27)24(20)18-11-5-2-6-12-18;1-2-7-3-5-8-6-4-7/h7-8,13-18,26-27H,1-6,9-12H2;2-6H2,1H3. The number of benzene rings is 2. The third kappa shape index (κ3) is 6.49. The van der Waals surface area contributed by atoms with Crippen LogP contribution in [0.5, 0.6) is 11.5 Å². The number of likely N-dealkylation sites (N-methyl/N-ethyl adjacent to an activating group) is 1. The van der Waals surface area contributed by atoms with Crippen LogP contribution >= 0.6 is 0 Å². The van der Waals surface area contributed by atoms with Gasteiger partial charge in [-0.15, -0.1) is 0 Å². The second-order valence-corrected chi connectivity index (χ2v) is 10.5. The minimum atomic E-state index is -0.0621. The molecule has 1 heterocycles. The molecule has 5 nitrogen and oxygen atoms in total. The van der Waals surface area contributed by atoms with Crippen LogP contribution in [0.4, 0.5) is 0 Å². The zero-order valence-corrected chi connectivity index (χ0v) is 21.9. The Bertz CT molecular complexity index is 917. The molecular formula is C31H43NO4. The van der Waals surface area contributed by atoms with Crippen molar-refractivity contribution in [2.45, 2.75) is 83.0 Å². The van der Waals surface area contributed by atoms with Gasteiger partial charge >= 0.3 is 0 Å². The van der Waals surface area contributed by atoms with Crippen molar-refractivity contribution < 1.29 is 19.7 Å². The number of phenols is 2. The lowest BCUT2D eigenvalue weighted by molar-refractivity contribution is 0.0405. The Hall–Kier alpha value is -2.37. The van der Waals surface area contributed by atoms with Crippen molar-refractivity contribution in [3.8, 4) is 11.5 Å². The zero-order valence-electron chi connectivity index (χ0n) is 21.9. The molecule has 0 amide bonds. The van der Waals surface area contributed by atoms with Crippen molar-refractivity contribution in [1.29, 1.82) is 0 Å². The lowest BCUT2D eigenvalue weighted by Crippen LogP contribution is -2.35. The first kappa shape index (κ1) is 26.7. The van der Waals surface area contributed by atoms with E-state index in [1.807, 2.05) is 12.1 Å². The molecule has 0 spiro atoms. The predicted octanol–water partition coefficient (Wildman–Crippen LogP) is 6.76. The van der Waals surface area contributed by atoms with Gasteiger partial charge in [0.05, 0.1) is 13.2 Å². The van der Waals surface area contributed by atoms with E-state index in [1.165, 1.54) is 19.4 Å². The maximum absolute atomic E-state index is 13.7. The molecule has 2 aromatic rings. The summed E-state index contributed by atoms with van der Waals surface area (Å²) in [7, 11) is 0. The van der Waals surface area contributed by atoms with Crippen LogP contribution in [-0.2, 0) is 4.74 Å². The molecule has 2 N–H and O–H groups in total. The molecular weight excluding hydrogens is 450 g/mol. The number of carbonyl (C=O) groups is 1. The van der Waals surface area contributed by atoms with Crippen LogP contribution in [-0.4, -0.2) is 53.7 Å². The van der Waals surface area contributed by atoms with E-state index in [9.17, 15) is 15.0 Å². The van der Waals surface area contributed by atoms with Crippen molar-refractivity contribution in [3.63, 3.8) is 0 Å². The molecule has 5 rings (SSSR count). The molecule has 0 atom stereocenters. The summed E-state index contributed by atoms with van der Waals surface area (Å²) in [5.74, 6) is 0.885. The fourth-order valence-corrected chi connectivity index (χ4v) is 6.21. The maximum atomic E-state index is 13.7. The first-order chi connectivity index (χ1) is 17.6. The fourth-order valence-electron chi connectivity index (χ4n) is 6.21. The number of phenolic OH excluding ortho intramolecular Hbond substituents is 2. The number of ketones is 1. The van der Waals surface area contributed by atoms with Gasteiger partial charge in [0.2, 0.25) is 0 Å². The van der Waals surface area contributed by atoms with Gasteiger partial charge in [-0.05, 0) is 56.2 Å². The van der Waals surface area contributed by atoms with E-state index in [1.54, 1.807) is 24.3 Å². The number of morpholine rings is 1. The highest BCUT2D eigenvalue weighted by Gasteiger charge is 2.29. The number of aromatic hydroxyl groups is 2. The highest BCUT2D eigenvalue weighted by molar-refractivity contribution is 6.11. The Kier molecular flexibility index (Phi) is 9.82. The summed E-state index contributed by atoms with van der Waals surface area (Å²) in [4.78, 5) is 16.0. The van der Waals surface area contributed by atoms with Crippen molar-refractivity contribution in [1.82, 2.24) is 4.90 Å². The molecule has 196 valence electrons. The summed E-state index contributed by atoms with van der Waals surface area (Å²) in [6.45, 7) is 7.45. The molecule has 0 radical (unpaired) electrons. The van der Waals surface area contributed by atoms with Crippen molar-refractivity contribution >= 4 is 5.78 Å². The first-order valence-corrected chi connectivity index (χ1v) is 14.1. The maximum Gasteiger partial charge on any atom is 0.193 e. The van der Waals surface area contributed by atoms with Gasteiger partial charge in [-0.1, -0.05) is 69.7 Å². The minimum absolute atomic E-state index is 0.0621. The van der Waals surface area contributed by atoms with Gasteiger partial charge in [-0.3, -0.25) is 9.69 Å². The van der Waals surface area contributed by atoms with Gasteiger partial charge in [0.25, 0.3) is 0 Å². The van der Waals surface area contributed by atoms with Gasteiger partial charge in [0.1, 0.15) is 11.5 Å². The van der Waals surface area contributed by atoms with E-state index in [4.69, 9.17) is 4.74 Å². The third-order valence-corrected chi connectivity index (χ3v) is 8.23. The lowest BCUT2D eigenvalue weighted by atomic mass is 9.77. The molecule has 36 heavy (non-hydrogen) atoms. The number of rotatable bonds is 5. The molecule has 5 heteroatoms. The average Bonchev–Trinajstić information content (AvgIpc) is 2.94. The van der Waals surface area contributed by atoms with Crippen LogP contribution in [0, 0.1) is 0 Å². The Balaban J connectivity index is 0.000000325. The molecule has 0 bridgehead atoms. The fraction of sp³-hybridized carbons (Fsp3) is 0.581. The smallest absolute Gasteiger partial charge is 0.193 e. The van der Waals surface area contributed by atoms with Crippen LogP contribution in [0.2, 0.25) is 0 Å². The second-order valence-electron chi connectivity index (χ2n) is 10.5. The van der Waals surface area contributed by atoms with E-state index in [0.717, 1.165) is 88.8 Å². The quantitative estimate of drug-likeness (QED) is 0.450. The topological polar surface area (TPSA) is 70.0 Å². The summed E-state index contributed by atoms with van der Waals surface area (Å²) in [6.07, 6.45) is 11.1. The van der Waals surface area contributed by atoms with E-state index < -0.39 is 0 Å². The second kappa shape index (κ2) is 13.3. The molecule has 1 aliphatic heterocycles. The summed E-state index contributed by atoms with van der Waals surface area (Å²) in [5, 5.41) is 21.2. The Labute approximate surface area is 216 Å². The van der Waals surface area contributed by atoms with E-state index in [-0.39, 0.29) is 29.1 Å². The number of hydrogen-bond acceptors (Lipinski definition) is 5. The van der Waals surface area contributed by atoms with Crippen LogP contribution in [0.15, 0.2) is 36.4 Å². The molecule has 2 aliphatic carbocycles. The van der Waals surface area contributed by atoms with Crippen LogP contribution in [0.1, 0.15) is 110 Å². The number of nitrogens with zero attached hydrogens (tertiary/aromatic N) is 1. The van der Waals surface area contributed by atoms with Gasteiger partial charge in [0, 0.05) is 35.3 Å². The number of hydrogen-bond donors (Lipinski definition) is 2. The zero-order chi connectivity index (χ0) is 25.3. The molecule has 2 saturated carbocycles. The lowest BCUT2D eigenvalue weighted by Gasteiger charge is -2.27. The largest absolute Gasteiger partial charge is 0.508 e. The van der Waals surface area contributed by atoms with E-state index in [0.29, 0.717) is 11.1 Å². The van der Waals surface area contributed by atoms with Gasteiger partial charge < -0.3 is 14.9 Å². The summed E-state index contributed by atoms with van der Waals surface area (Å²) >= 11 is 0. The number of carbonyl (C=O) groups excluding carboxylic acids is 1. The normalized spacial score (nSPS) is 19.9. The van der Waals surface area contributed by atoms with Gasteiger partial charge in [0.15, 0.2) is 5.78 Å². The average molecular weight is 494 g/mol. The third-order valence-electron chi connectivity index (χ3n) is 8.23. The summed E-state index contributed by atoms with van der Waals surface area (Å²) in [5.41, 5.74) is 2.83. The van der Waals surface area contributed by atoms with Crippen molar-refractivity contribution in [2.24, 2.45) is 0 Å². The van der Waals surface area contributed by atoms with E-state index >= 15 is 0 Å². The minimum Gasteiger partial charge on any atom is -0.508 e. The van der Waals surface area contributed by atoms with E-state index in [2.05, 4.69) is 11.8 Å². The predicted molar refractivity (Wildman–Crippen MR) is 144 cm³/mol. The number of ether oxygens (including phenoxy) is 1. The Morgan fingerprint density at radius 2 is 1.22 bits per heavy atom. The summed E-state index contributed by atoms with van der Waals surface area (Å²) < 4.78 is 5.16. The molecule has 0 aromatic heterocycles. The first-order valence-electron chi connectivity index (χ1n) is 14.1. The SMILES string of the molecule is CCN1CCOCC1.O=C(c1cccc(O)c1C1CCCCC1)c1cccc(O)c1C1CCCCC1. The molecule has 1 saturated heterocycles. The summed E-state index contributed by atoms with van der Waals surface area (Å²) in [6, 6.07) is 10.6. The monoisotopic (exact) mass is 493 g/mol. The molecule has 3 aliphatic rings. The highest BCUT2D eigenvalue weighted by Crippen LogP contribution is 2.42. The molecule has 0 unspecified atom stereocenters. The van der Waals surface area contributed by atoms with Crippen molar-refractivity contribution in [2.75, 3.05) is 32.8 Å². The van der Waals surface area contributed by atoms with Gasteiger partial charge in [-0.2, -0.15) is 0 Å². The van der Waals surface area contributed by atoms with Crippen LogP contribution in [0.3, 0.4) is 0 Å². The molecule has 3 fully saturated rings. The van der Waals surface area contributed by atoms with Crippen molar-refractivity contribution in [3.05, 3.63) is 58.7 Å². The van der Waals surface area contributed by atoms with Crippen LogP contribution in [0.25, 0.3) is 0 Å². The van der Waals surface area contributed by atoms with Gasteiger partial charge in [-0.25, -0.2) is 0 Å². The highest BCUT2D eigenvalue weighted by atomic mass is 16.5.